The second-order valence-electron chi connectivity index (χ2n) is 5.41. The van der Waals surface area contributed by atoms with E-state index in [1.807, 2.05) is 36.6 Å². The Morgan fingerprint density at radius 3 is 2.91 bits per heavy atom. The molecule has 4 heterocycles. The number of hydrogen-bond acceptors (Lipinski definition) is 5. The lowest BCUT2D eigenvalue weighted by Gasteiger charge is -2.16. The fourth-order valence-electron chi connectivity index (χ4n) is 2.72. The van der Waals surface area contributed by atoms with Crippen LogP contribution in [0.25, 0.3) is 11.4 Å². The molecular weight excluding hydrogens is 308 g/mol. The monoisotopic (exact) mass is 322 g/mol. The molecule has 0 saturated carbocycles. The predicted octanol–water partition coefficient (Wildman–Crippen LogP) is 3.00. The molecule has 0 radical (unpaired) electrons. The number of rotatable bonds is 3. The van der Waals surface area contributed by atoms with E-state index in [1.54, 1.807) is 28.6 Å². The molecule has 23 heavy (non-hydrogen) atoms. The summed E-state index contributed by atoms with van der Waals surface area (Å²) in [6.07, 6.45) is 3.83. The summed E-state index contributed by atoms with van der Waals surface area (Å²) in [4.78, 5) is 28.6. The Bertz CT molecular complexity index is 862. The zero-order valence-electron chi connectivity index (χ0n) is 12.6. The average molecular weight is 322 g/mol. The van der Waals surface area contributed by atoms with Crippen molar-refractivity contribution in [2.45, 2.75) is 19.9 Å². The van der Waals surface area contributed by atoms with Crippen molar-refractivity contribution in [3.8, 4) is 11.4 Å². The van der Waals surface area contributed by atoms with Crippen molar-refractivity contribution in [3.63, 3.8) is 0 Å². The van der Waals surface area contributed by atoms with Crippen LogP contribution in [-0.4, -0.2) is 20.9 Å². The molecule has 1 aliphatic rings. The predicted molar refractivity (Wildman–Crippen MR) is 89.2 cm³/mol. The molecule has 0 aromatic carbocycles. The number of pyridine rings is 1. The largest absolute Gasteiger partial charge is 0.291 e. The minimum absolute atomic E-state index is 0.0779. The molecule has 0 bridgehead atoms. The first-order valence-corrected chi connectivity index (χ1v) is 8.21. The van der Waals surface area contributed by atoms with E-state index in [2.05, 4.69) is 15.0 Å². The highest BCUT2D eigenvalue weighted by molar-refractivity contribution is 7.09. The molecule has 1 aliphatic heterocycles. The van der Waals surface area contributed by atoms with Gasteiger partial charge < -0.3 is 0 Å². The van der Waals surface area contributed by atoms with Gasteiger partial charge in [0.25, 0.3) is 0 Å². The van der Waals surface area contributed by atoms with E-state index >= 15 is 0 Å². The first-order valence-electron chi connectivity index (χ1n) is 7.33. The number of anilines is 1. The molecule has 3 aromatic heterocycles. The van der Waals surface area contributed by atoms with Crippen molar-refractivity contribution in [3.05, 3.63) is 58.2 Å². The molecule has 0 atom stereocenters. The lowest BCUT2D eigenvalue weighted by molar-refractivity contribution is -0.117. The number of fused-ring (bicyclic) bond motifs is 1. The van der Waals surface area contributed by atoms with Crippen LogP contribution in [0.3, 0.4) is 0 Å². The van der Waals surface area contributed by atoms with Crippen molar-refractivity contribution < 1.29 is 4.79 Å². The maximum absolute atomic E-state index is 12.4. The first-order chi connectivity index (χ1) is 11.2. The SMILES string of the molecule is Cc1nc(-c2cccnc2)nc2c1CC(=O)N2Cc1cccs1. The van der Waals surface area contributed by atoms with Crippen LogP contribution in [-0.2, 0) is 17.8 Å². The van der Waals surface area contributed by atoms with E-state index in [0.29, 0.717) is 18.8 Å². The minimum Gasteiger partial charge on any atom is -0.291 e. The molecule has 3 aromatic rings. The summed E-state index contributed by atoms with van der Waals surface area (Å²) in [7, 11) is 0. The smallest absolute Gasteiger partial charge is 0.233 e. The van der Waals surface area contributed by atoms with Gasteiger partial charge in [0.2, 0.25) is 5.91 Å². The van der Waals surface area contributed by atoms with Crippen LogP contribution in [0.2, 0.25) is 0 Å². The van der Waals surface area contributed by atoms with Crippen LogP contribution in [0.15, 0.2) is 42.0 Å². The Morgan fingerprint density at radius 2 is 2.17 bits per heavy atom. The fraction of sp³-hybridized carbons (Fsp3) is 0.176. The maximum Gasteiger partial charge on any atom is 0.233 e. The number of aryl methyl sites for hydroxylation is 1. The Morgan fingerprint density at radius 1 is 1.26 bits per heavy atom. The third kappa shape index (κ3) is 2.51. The Balaban J connectivity index is 1.78. The number of carbonyl (C=O) groups is 1. The van der Waals surface area contributed by atoms with E-state index < -0.39 is 0 Å². The molecule has 114 valence electrons. The molecule has 1 amide bonds. The average Bonchev–Trinajstić information content (AvgIpc) is 3.18. The van der Waals surface area contributed by atoms with Gasteiger partial charge in [-0.25, -0.2) is 9.97 Å². The number of aromatic nitrogens is 3. The van der Waals surface area contributed by atoms with Crippen LogP contribution >= 0.6 is 11.3 Å². The zero-order chi connectivity index (χ0) is 15.8. The van der Waals surface area contributed by atoms with Gasteiger partial charge in [-0.3, -0.25) is 14.7 Å². The second-order valence-corrected chi connectivity index (χ2v) is 6.44. The topological polar surface area (TPSA) is 59.0 Å². The summed E-state index contributed by atoms with van der Waals surface area (Å²) in [6, 6.07) is 7.81. The Labute approximate surface area is 137 Å². The molecular formula is C17H14N4OS. The molecule has 0 N–H and O–H groups in total. The van der Waals surface area contributed by atoms with Gasteiger partial charge in [-0.15, -0.1) is 11.3 Å². The van der Waals surface area contributed by atoms with E-state index in [4.69, 9.17) is 0 Å². The van der Waals surface area contributed by atoms with E-state index in [1.165, 1.54) is 0 Å². The molecule has 0 spiro atoms. The number of thiophene rings is 1. The van der Waals surface area contributed by atoms with E-state index in [0.717, 1.165) is 27.5 Å². The molecule has 0 unspecified atom stereocenters. The van der Waals surface area contributed by atoms with E-state index in [9.17, 15) is 4.79 Å². The van der Waals surface area contributed by atoms with E-state index in [-0.39, 0.29) is 5.91 Å². The molecule has 0 aliphatic carbocycles. The minimum atomic E-state index is 0.0779. The van der Waals surface area contributed by atoms with Crippen molar-refractivity contribution >= 4 is 23.1 Å². The lowest BCUT2D eigenvalue weighted by atomic mass is 10.2. The summed E-state index contributed by atoms with van der Waals surface area (Å²) in [5, 5.41) is 2.02. The quantitative estimate of drug-likeness (QED) is 0.744. The molecule has 4 rings (SSSR count). The van der Waals surface area contributed by atoms with Gasteiger partial charge in [0.15, 0.2) is 5.82 Å². The van der Waals surface area contributed by atoms with Crippen molar-refractivity contribution in [2.24, 2.45) is 0 Å². The van der Waals surface area contributed by atoms with Crippen molar-refractivity contribution in [2.75, 3.05) is 4.90 Å². The highest BCUT2D eigenvalue weighted by atomic mass is 32.1. The third-order valence-electron chi connectivity index (χ3n) is 3.89. The highest BCUT2D eigenvalue weighted by Gasteiger charge is 2.31. The van der Waals surface area contributed by atoms with Crippen LogP contribution in [0.1, 0.15) is 16.1 Å². The number of carbonyl (C=O) groups excluding carboxylic acids is 1. The lowest BCUT2D eigenvalue weighted by Crippen LogP contribution is -2.26. The van der Waals surface area contributed by atoms with Crippen LogP contribution < -0.4 is 4.90 Å². The van der Waals surface area contributed by atoms with Gasteiger partial charge in [-0.1, -0.05) is 6.07 Å². The Kier molecular flexibility index (Phi) is 3.38. The summed E-state index contributed by atoms with van der Waals surface area (Å²) in [5.41, 5.74) is 2.64. The van der Waals surface area contributed by atoms with Gasteiger partial charge in [0, 0.05) is 34.1 Å². The van der Waals surface area contributed by atoms with Gasteiger partial charge in [-0.2, -0.15) is 0 Å². The fourth-order valence-corrected chi connectivity index (χ4v) is 3.41. The highest BCUT2D eigenvalue weighted by Crippen LogP contribution is 2.32. The summed E-state index contributed by atoms with van der Waals surface area (Å²) >= 11 is 1.64. The number of nitrogens with zero attached hydrogens (tertiary/aromatic N) is 4. The van der Waals surface area contributed by atoms with Gasteiger partial charge in [-0.05, 0) is 30.5 Å². The van der Waals surface area contributed by atoms with Gasteiger partial charge in [0.05, 0.1) is 13.0 Å². The normalized spacial score (nSPS) is 13.4. The molecule has 5 nitrogen and oxygen atoms in total. The first kappa shape index (κ1) is 14.0. The molecule has 0 saturated heterocycles. The van der Waals surface area contributed by atoms with Crippen LogP contribution in [0, 0.1) is 6.92 Å². The number of amides is 1. The maximum atomic E-state index is 12.4. The van der Waals surface area contributed by atoms with Gasteiger partial charge in [0.1, 0.15) is 5.82 Å². The summed E-state index contributed by atoms with van der Waals surface area (Å²) in [6.45, 7) is 2.49. The summed E-state index contributed by atoms with van der Waals surface area (Å²) < 4.78 is 0. The number of hydrogen-bond donors (Lipinski definition) is 0. The van der Waals surface area contributed by atoms with Crippen LogP contribution in [0.4, 0.5) is 5.82 Å². The van der Waals surface area contributed by atoms with Gasteiger partial charge >= 0.3 is 0 Å². The van der Waals surface area contributed by atoms with Crippen LogP contribution in [0.5, 0.6) is 0 Å². The Hall–Kier alpha value is -2.60. The molecule has 0 fully saturated rings. The summed E-state index contributed by atoms with van der Waals surface area (Å²) in [5.74, 6) is 1.42. The van der Waals surface area contributed by atoms with Crippen molar-refractivity contribution in [1.82, 2.24) is 15.0 Å². The third-order valence-corrected chi connectivity index (χ3v) is 4.75. The molecule has 6 heteroatoms. The zero-order valence-corrected chi connectivity index (χ0v) is 13.4. The second kappa shape index (κ2) is 5.55. The van der Waals surface area contributed by atoms with Crippen molar-refractivity contribution in [1.29, 1.82) is 0 Å². The standard InChI is InChI=1S/C17H14N4OS/c1-11-14-8-15(22)21(10-13-5-3-7-23-13)17(14)20-16(19-11)12-4-2-6-18-9-12/h2-7,9H,8,10H2,1H3.